The van der Waals surface area contributed by atoms with Crippen LogP contribution in [-0.2, 0) is 11.2 Å². The van der Waals surface area contributed by atoms with E-state index in [1.54, 1.807) is 12.1 Å². The van der Waals surface area contributed by atoms with Gasteiger partial charge in [0.2, 0.25) is 0 Å². The molecule has 82 valence electrons. The maximum Gasteiger partial charge on any atom is 0.341 e. The van der Waals surface area contributed by atoms with Crippen molar-refractivity contribution < 1.29 is 14.6 Å². The van der Waals surface area contributed by atoms with Gasteiger partial charge in [-0.15, -0.1) is 0 Å². The number of nitrogens with two attached hydrogens (primary N) is 1. The zero-order valence-corrected chi connectivity index (χ0v) is 8.64. The second kappa shape index (κ2) is 5.36. The molecule has 0 unspecified atom stereocenters. The third-order valence-corrected chi connectivity index (χ3v) is 1.84. The number of rotatable bonds is 5. The van der Waals surface area contributed by atoms with Crippen LogP contribution >= 0.6 is 0 Å². The van der Waals surface area contributed by atoms with Gasteiger partial charge in [-0.3, -0.25) is 0 Å². The van der Waals surface area contributed by atoms with E-state index >= 15 is 0 Å². The largest absolute Gasteiger partial charge is 0.482 e. The highest BCUT2D eigenvalue weighted by atomic mass is 16.5. The van der Waals surface area contributed by atoms with Crippen molar-refractivity contribution in [1.29, 1.82) is 0 Å². The lowest BCUT2D eigenvalue weighted by molar-refractivity contribution is -0.139. The van der Waals surface area contributed by atoms with E-state index in [0.29, 0.717) is 5.75 Å². The summed E-state index contributed by atoms with van der Waals surface area (Å²) in [7, 11) is 0. The van der Waals surface area contributed by atoms with Crippen molar-refractivity contribution in [1.82, 2.24) is 0 Å². The van der Waals surface area contributed by atoms with E-state index in [4.69, 9.17) is 15.6 Å². The molecule has 1 rings (SSSR count). The Kier molecular flexibility index (Phi) is 4.12. The van der Waals surface area contributed by atoms with Gasteiger partial charge in [-0.1, -0.05) is 12.1 Å². The molecule has 4 nitrogen and oxygen atoms in total. The molecule has 0 aliphatic carbocycles. The fourth-order valence-electron chi connectivity index (χ4n) is 1.24. The van der Waals surface area contributed by atoms with Crippen LogP contribution in [0.15, 0.2) is 24.3 Å². The first kappa shape index (κ1) is 11.5. The number of carboxylic acid groups (broad SMARTS) is 1. The molecule has 1 aromatic rings. The smallest absolute Gasteiger partial charge is 0.341 e. The number of aliphatic carboxylic acids is 1. The number of ether oxygens (including phenoxy) is 1. The molecule has 0 spiro atoms. The Morgan fingerprint density at radius 2 is 2.07 bits per heavy atom. The molecule has 0 heterocycles. The predicted octanol–water partition coefficient (Wildman–Crippen LogP) is 1.04. The van der Waals surface area contributed by atoms with Crippen LogP contribution in [0.2, 0.25) is 0 Å². The zero-order valence-electron chi connectivity index (χ0n) is 8.64. The molecule has 1 aromatic carbocycles. The summed E-state index contributed by atoms with van der Waals surface area (Å²) < 4.78 is 5.00. The van der Waals surface area contributed by atoms with Crippen molar-refractivity contribution >= 4 is 5.97 Å². The molecule has 0 aliphatic heterocycles. The lowest BCUT2D eigenvalue weighted by Crippen LogP contribution is -2.17. The van der Waals surface area contributed by atoms with E-state index < -0.39 is 5.97 Å². The lowest BCUT2D eigenvalue weighted by atomic mass is 10.1. The topological polar surface area (TPSA) is 72.5 Å². The first-order valence-electron chi connectivity index (χ1n) is 4.77. The van der Waals surface area contributed by atoms with Crippen LogP contribution in [0, 0.1) is 0 Å². The first-order chi connectivity index (χ1) is 7.08. The summed E-state index contributed by atoms with van der Waals surface area (Å²) in [6, 6.07) is 7.40. The van der Waals surface area contributed by atoms with Crippen LogP contribution in [0.4, 0.5) is 0 Å². The van der Waals surface area contributed by atoms with Gasteiger partial charge in [0.25, 0.3) is 0 Å². The fraction of sp³-hybridized carbons (Fsp3) is 0.364. The van der Waals surface area contributed by atoms with E-state index in [2.05, 4.69) is 0 Å². The molecule has 0 fully saturated rings. The Labute approximate surface area is 88.7 Å². The molecule has 0 saturated heterocycles. The van der Waals surface area contributed by atoms with Crippen molar-refractivity contribution in [3.8, 4) is 5.75 Å². The van der Waals surface area contributed by atoms with Crippen molar-refractivity contribution in [2.24, 2.45) is 5.73 Å². The zero-order chi connectivity index (χ0) is 11.3. The summed E-state index contributed by atoms with van der Waals surface area (Å²) in [6.45, 7) is 1.63. The van der Waals surface area contributed by atoms with Crippen LogP contribution in [0.3, 0.4) is 0 Å². The Morgan fingerprint density at radius 3 is 2.53 bits per heavy atom. The van der Waals surface area contributed by atoms with Gasteiger partial charge in [0.15, 0.2) is 6.61 Å². The molecule has 3 N–H and O–H groups in total. The molecular weight excluding hydrogens is 194 g/mol. The van der Waals surface area contributed by atoms with Gasteiger partial charge in [0.1, 0.15) is 5.75 Å². The third kappa shape index (κ3) is 4.46. The number of carbonyl (C=O) groups is 1. The lowest BCUT2D eigenvalue weighted by Gasteiger charge is -2.06. The fourth-order valence-corrected chi connectivity index (χ4v) is 1.24. The molecule has 15 heavy (non-hydrogen) atoms. The maximum atomic E-state index is 10.2. The highest BCUT2D eigenvalue weighted by Gasteiger charge is 2.00. The minimum atomic E-state index is -0.977. The van der Waals surface area contributed by atoms with Gasteiger partial charge in [0.05, 0.1) is 0 Å². The van der Waals surface area contributed by atoms with Gasteiger partial charge < -0.3 is 15.6 Å². The Balaban J connectivity index is 2.52. The SMILES string of the molecule is C[C@@H](N)Cc1ccc(OCC(=O)O)cc1. The second-order valence-corrected chi connectivity index (χ2v) is 3.51. The minimum Gasteiger partial charge on any atom is -0.482 e. The van der Waals surface area contributed by atoms with Crippen molar-refractivity contribution in [2.45, 2.75) is 19.4 Å². The van der Waals surface area contributed by atoms with E-state index in [0.717, 1.165) is 12.0 Å². The predicted molar refractivity (Wildman–Crippen MR) is 56.9 cm³/mol. The monoisotopic (exact) mass is 209 g/mol. The van der Waals surface area contributed by atoms with E-state index in [9.17, 15) is 4.79 Å². The summed E-state index contributed by atoms with van der Waals surface area (Å²) >= 11 is 0. The molecule has 0 bridgehead atoms. The van der Waals surface area contributed by atoms with Crippen LogP contribution in [0.5, 0.6) is 5.75 Å². The molecule has 0 saturated carbocycles. The normalized spacial score (nSPS) is 12.1. The van der Waals surface area contributed by atoms with E-state index in [1.807, 2.05) is 19.1 Å². The van der Waals surface area contributed by atoms with Gasteiger partial charge in [-0.25, -0.2) is 4.79 Å². The Morgan fingerprint density at radius 1 is 1.47 bits per heavy atom. The summed E-state index contributed by atoms with van der Waals surface area (Å²) in [6.07, 6.45) is 0.805. The van der Waals surface area contributed by atoms with Gasteiger partial charge >= 0.3 is 5.97 Å². The average molecular weight is 209 g/mol. The Bertz CT molecular complexity index is 319. The standard InChI is InChI=1S/C11H15NO3/c1-8(12)6-9-2-4-10(5-3-9)15-7-11(13)14/h2-5,8H,6-7,12H2,1H3,(H,13,14)/t8-/m1/s1. The van der Waals surface area contributed by atoms with Crippen LogP contribution < -0.4 is 10.5 Å². The molecule has 4 heteroatoms. The number of hydrogen-bond acceptors (Lipinski definition) is 3. The molecule has 0 aliphatic rings. The summed E-state index contributed by atoms with van der Waals surface area (Å²) in [5, 5.41) is 8.41. The molecule has 1 atom stereocenters. The minimum absolute atomic E-state index is 0.121. The van der Waals surface area contributed by atoms with Gasteiger partial charge in [0, 0.05) is 6.04 Å². The number of hydrogen-bond donors (Lipinski definition) is 2. The Hall–Kier alpha value is -1.55. The van der Waals surface area contributed by atoms with Gasteiger partial charge in [-0.05, 0) is 31.0 Å². The number of carboxylic acids is 1. The van der Waals surface area contributed by atoms with Crippen molar-refractivity contribution in [3.63, 3.8) is 0 Å². The highest BCUT2D eigenvalue weighted by molar-refractivity contribution is 5.68. The average Bonchev–Trinajstić information content (AvgIpc) is 2.16. The van der Waals surface area contributed by atoms with E-state index in [-0.39, 0.29) is 12.6 Å². The van der Waals surface area contributed by atoms with Gasteiger partial charge in [-0.2, -0.15) is 0 Å². The van der Waals surface area contributed by atoms with Crippen molar-refractivity contribution in [2.75, 3.05) is 6.61 Å². The van der Waals surface area contributed by atoms with Crippen LogP contribution in [0.1, 0.15) is 12.5 Å². The highest BCUT2D eigenvalue weighted by Crippen LogP contribution is 2.12. The van der Waals surface area contributed by atoms with Crippen LogP contribution in [0.25, 0.3) is 0 Å². The summed E-state index contributed by atoms with van der Waals surface area (Å²) in [5.74, 6) is -0.416. The van der Waals surface area contributed by atoms with Crippen LogP contribution in [-0.4, -0.2) is 23.7 Å². The summed E-state index contributed by atoms with van der Waals surface area (Å²) in [5.41, 5.74) is 6.77. The molecular formula is C11H15NO3. The molecule has 0 aromatic heterocycles. The second-order valence-electron chi connectivity index (χ2n) is 3.51. The summed E-state index contributed by atoms with van der Waals surface area (Å²) in [4.78, 5) is 10.2. The van der Waals surface area contributed by atoms with E-state index in [1.165, 1.54) is 0 Å². The molecule has 0 radical (unpaired) electrons. The third-order valence-electron chi connectivity index (χ3n) is 1.84. The number of benzene rings is 1. The molecule has 0 amide bonds. The maximum absolute atomic E-state index is 10.2. The first-order valence-corrected chi connectivity index (χ1v) is 4.77. The van der Waals surface area contributed by atoms with Crippen molar-refractivity contribution in [3.05, 3.63) is 29.8 Å². The quantitative estimate of drug-likeness (QED) is 0.760.